The van der Waals surface area contributed by atoms with Gasteiger partial charge in [-0.1, -0.05) is 67.3 Å². The molecule has 0 fully saturated rings. The molecule has 1 N–H and O–H groups in total. The van der Waals surface area contributed by atoms with Crippen LogP contribution in [-0.2, 0) is 11.2 Å². The van der Waals surface area contributed by atoms with Gasteiger partial charge in [-0.25, -0.2) is 0 Å². The standard InChI is InChI=1S/C32H30O5/c1-19(15-16-37-4)13-14-28(34)23-10-6-5-9-22(23)18-26-29(21(3)33)20(2)17-27-30(26)32(36)25-12-8-7-11-24(25)31(27)35/h5-12,17,19,28,34H,15-16,18H2,1-4H3. The van der Waals surface area contributed by atoms with Crippen molar-refractivity contribution in [1.82, 2.24) is 0 Å². The molecular formula is C32H30O5. The summed E-state index contributed by atoms with van der Waals surface area (Å²) in [6, 6.07) is 15.7. The highest BCUT2D eigenvalue weighted by Crippen LogP contribution is 2.35. The Morgan fingerprint density at radius 1 is 0.973 bits per heavy atom. The zero-order valence-electron chi connectivity index (χ0n) is 21.6. The van der Waals surface area contributed by atoms with Crippen molar-refractivity contribution in [2.24, 2.45) is 5.92 Å². The fourth-order valence-corrected chi connectivity index (χ4v) is 4.97. The van der Waals surface area contributed by atoms with E-state index in [1.807, 2.05) is 25.1 Å². The van der Waals surface area contributed by atoms with Crippen molar-refractivity contribution < 1.29 is 24.2 Å². The van der Waals surface area contributed by atoms with Crippen LogP contribution in [0.2, 0.25) is 0 Å². The van der Waals surface area contributed by atoms with Crippen LogP contribution in [0.1, 0.15) is 90.8 Å². The zero-order valence-corrected chi connectivity index (χ0v) is 21.6. The van der Waals surface area contributed by atoms with Gasteiger partial charge >= 0.3 is 0 Å². The molecule has 0 radical (unpaired) electrons. The molecule has 2 atom stereocenters. The number of aryl methyl sites for hydroxylation is 1. The average Bonchev–Trinajstić information content (AvgIpc) is 2.89. The first-order valence-corrected chi connectivity index (χ1v) is 12.4. The van der Waals surface area contributed by atoms with Gasteiger partial charge in [-0.3, -0.25) is 14.4 Å². The molecule has 0 aromatic heterocycles. The van der Waals surface area contributed by atoms with Crippen molar-refractivity contribution in [2.45, 2.75) is 39.7 Å². The molecule has 188 valence electrons. The lowest BCUT2D eigenvalue weighted by molar-refractivity contribution is 0.0976. The largest absolute Gasteiger partial charge is 0.385 e. The van der Waals surface area contributed by atoms with E-state index in [1.54, 1.807) is 50.4 Å². The summed E-state index contributed by atoms with van der Waals surface area (Å²) >= 11 is 0. The number of aliphatic hydroxyl groups excluding tert-OH is 1. The van der Waals surface area contributed by atoms with Gasteiger partial charge in [-0.15, -0.1) is 0 Å². The number of carbonyl (C=O) groups is 3. The van der Waals surface area contributed by atoms with Crippen LogP contribution in [0, 0.1) is 24.7 Å². The number of rotatable bonds is 7. The van der Waals surface area contributed by atoms with Gasteiger partial charge in [0.25, 0.3) is 0 Å². The summed E-state index contributed by atoms with van der Waals surface area (Å²) in [7, 11) is 1.64. The Bertz CT molecular complexity index is 1450. The Morgan fingerprint density at radius 2 is 1.62 bits per heavy atom. The fourth-order valence-electron chi connectivity index (χ4n) is 4.97. The topological polar surface area (TPSA) is 80.7 Å². The van der Waals surface area contributed by atoms with E-state index in [2.05, 4.69) is 11.8 Å². The number of ether oxygens (including phenoxy) is 1. The molecule has 5 nitrogen and oxygen atoms in total. The molecule has 3 aromatic carbocycles. The van der Waals surface area contributed by atoms with Crippen LogP contribution in [0.25, 0.3) is 0 Å². The first-order chi connectivity index (χ1) is 17.7. The molecule has 0 amide bonds. The minimum Gasteiger partial charge on any atom is -0.385 e. The lowest BCUT2D eigenvalue weighted by Crippen LogP contribution is -2.25. The summed E-state index contributed by atoms with van der Waals surface area (Å²) < 4.78 is 5.10. The Morgan fingerprint density at radius 3 is 2.30 bits per heavy atom. The number of hydrogen-bond donors (Lipinski definition) is 1. The highest BCUT2D eigenvalue weighted by atomic mass is 16.5. The molecule has 1 aliphatic carbocycles. The first-order valence-electron chi connectivity index (χ1n) is 12.4. The Hall–Kier alpha value is -3.85. The number of benzene rings is 3. The fraction of sp³-hybridized carbons (Fsp3) is 0.281. The maximum absolute atomic E-state index is 13.7. The molecule has 5 heteroatoms. The maximum atomic E-state index is 13.7. The van der Waals surface area contributed by atoms with E-state index in [1.165, 1.54) is 6.92 Å². The van der Waals surface area contributed by atoms with E-state index < -0.39 is 6.10 Å². The predicted molar refractivity (Wildman–Crippen MR) is 142 cm³/mol. The van der Waals surface area contributed by atoms with Crippen LogP contribution in [0.3, 0.4) is 0 Å². The third-order valence-electron chi connectivity index (χ3n) is 6.81. The van der Waals surface area contributed by atoms with Crippen LogP contribution in [0.4, 0.5) is 0 Å². The molecule has 0 spiro atoms. The molecule has 0 aliphatic heterocycles. The molecule has 0 saturated carbocycles. The van der Waals surface area contributed by atoms with E-state index in [-0.39, 0.29) is 35.3 Å². The van der Waals surface area contributed by atoms with Gasteiger partial charge in [0.1, 0.15) is 6.10 Å². The summed E-state index contributed by atoms with van der Waals surface area (Å²) in [6.45, 7) is 5.81. The van der Waals surface area contributed by atoms with E-state index in [0.717, 1.165) is 12.0 Å². The number of aliphatic hydroxyl groups is 1. The molecule has 2 unspecified atom stereocenters. The Kier molecular flexibility index (Phi) is 7.83. The van der Waals surface area contributed by atoms with Gasteiger partial charge in [0.2, 0.25) is 0 Å². The monoisotopic (exact) mass is 494 g/mol. The normalized spacial score (nSPS) is 13.8. The predicted octanol–water partition coefficient (Wildman–Crippen LogP) is 5.27. The third-order valence-corrected chi connectivity index (χ3v) is 6.81. The van der Waals surface area contributed by atoms with Gasteiger partial charge in [-0.2, -0.15) is 0 Å². The second-order valence-corrected chi connectivity index (χ2v) is 9.48. The minimum absolute atomic E-state index is 0.0542. The second kappa shape index (κ2) is 11.0. The van der Waals surface area contributed by atoms with Gasteiger partial charge in [-0.05, 0) is 55.0 Å². The molecule has 0 saturated heterocycles. The molecule has 0 bridgehead atoms. The summed E-state index contributed by atoms with van der Waals surface area (Å²) in [5, 5.41) is 11.0. The molecule has 4 rings (SSSR count). The lowest BCUT2D eigenvalue weighted by atomic mass is 9.77. The average molecular weight is 495 g/mol. The van der Waals surface area contributed by atoms with Gasteiger partial charge in [0.15, 0.2) is 17.3 Å². The van der Waals surface area contributed by atoms with Gasteiger partial charge in [0.05, 0.1) is 0 Å². The third kappa shape index (κ3) is 5.17. The lowest BCUT2D eigenvalue weighted by Gasteiger charge is -2.24. The Labute approximate surface area is 217 Å². The molecular weight excluding hydrogens is 464 g/mol. The number of ketones is 3. The van der Waals surface area contributed by atoms with E-state index in [4.69, 9.17) is 4.74 Å². The smallest absolute Gasteiger partial charge is 0.194 e. The summed E-state index contributed by atoms with van der Waals surface area (Å²) in [5.74, 6) is 5.40. The molecule has 1 aliphatic rings. The summed E-state index contributed by atoms with van der Waals surface area (Å²) in [4.78, 5) is 39.9. The van der Waals surface area contributed by atoms with Crippen molar-refractivity contribution in [3.8, 4) is 11.8 Å². The number of fused-ring (bicyclic) bond motifs is 2. The summed E-state index contributed by atoms with van der Waals surface area (Å²) in [6.07, 6.45) is -0.0816. The van der Waals surface area contributed by atoms with Crippen LogP contribution in [0.15, 0.2) is 54.6 Å². The van der Waals surface area contributed by atoms with E-state index in [9.17, 15) is 19.5 Å². The zero-order chi connectivity index (χ0) is 26.7. The van der Waals surface area contributed by atoms with Gasteiger partial charge in [0, 0.05) is 47.5 Å². The number of hydrogen-bond acceptors (Lipinski definition) is 5. The highest BCUT2D eigenvalue weighted by Gasteiger charge is 2.34. The van der Waals surface area contributed by atoms with E-state index >= 15 is 0 Å². The second-order valence-electron chi connectivity index (χ2n) is 9.48. The Balaban J connectivity index is 1.83. The number of methoxy groups -OCH3 is 1. The molecule has 3 aromatic rings. The van der Waals surface area contributed by atoms with Crippen molar-refractivity contribution in [2.75, 3.05) is 13.7 Å². The van der Waals surface area contributed by atoms with Crippen LogP contribution in [0.5, 0.6) is 0 Å². The first kappa shape index (κ1) is 26.2. The minimum atomic E-state index is -1.04. The van der Waals surface area contributed by atoms with Crippen LogP contribution in [-0.4, -0.2) is 36.2 Å². The number of Topliss-reactive ketones (excluding diaryl/α,β-unsaturated/α-hetero) is 1. The van der Waals surface area contributed by atoms with Crippen molar-refractivity contribution in [1.29, 1.82) is 0 Å². The van der Waals surface area contributed by atoms with Crippen molar-refractivity contribution in [3.63, 3.8) is 0 Å². The number of carbonyl (C=O) groups excluding carboxylic acids is 3. The molecule has 37 heavy (non-hydrogen) atoms. The quantitative estimate of drug-likeness (QED) is 0.280. The summed E-state index contributed by atoms with van der Waals surface area (Å²) in [5.41, 5.74) is 4.22. The highest BCUT2D eigenvalue weighted by molar-refractivity contribution is 6.29. The maximum Gasteiger partial charge on any atom is 0.194 e. The molecule has 0 heterocycles. The van der Waals surface area contributed by atoms with Crippen molar-refractivity contribution >= 4 is 17.3 Å². The van der Waals surface area contributed by atoms with E-state index in [0.29, 0.717) is 45.6 Å². The SMILES string of the molecule is COCCC(C)C#CC(O)c1ccccc1Cc1c(C(C)=O)c(C)cc2c1C(=O)c1ccccc1C2=O. The van der Waals surface area contributed by atoms with Crippen LogP contribution >= 0.6 is 0 Å². The van der Waals surface area contributed by atoms with Gasteiger partial charge < -0.3 is 9.84 Å². The van der Waals surface area contributed by atoms with Crippen molar-refractivity contribution in [3.05, 3.63) is 105 Å². The van der Waals surface area contributed by atoms with Crippen LogP contribution < -0.4 is 0 Å².